The fourth-order valence-electron chi connectivity index (χ4n) is 1.12. The van der Waals surface area contributed by atoms with E-state index >= 15 is 0 Å². The van der Waals surface area contributed by atoms with E-state index in [-0.39, 0.29) is 18.4 Å². The van der Waals surface area contributed by atoms with Crippen molar-refractivity contribution in [2.45, 2.75) is 13.0 Å². The summed E-state index contributed by atoms with van der Waals surface area (Å²) in [5.74, 6) is 0.974. The average Bonchev–Trinajstić information content (AvgIpc) is 2.68. The van der Waals surface area contributed by atoms with Crippen LogP contribution in [0.15, 0.2) is 34.7 Å². The molecular weight excluding hydrogens is 214 g/mol. The molecule has 2 N–H and O–H groups in total. The first-order chi connectivity index (χ1) is 6.77. The highest BCUT2D eigenvalue weighted by Gasteiger charge is 2.10. The zero-order valence-corrected chi connectivity index (χ0v) is 9.07. The molecule has 0 aliphatic carbocycles. The Hall–Kier alpha value is -1.39. The van der Waals surface area contributed by atoms with Crippen LogP contribution in [0.5, 0.6) is 0 Å². The summed E-state index contributed by atoms with van der Waals surface area (Å²) in [7, 11) is 0. The maximum atomic E-state index is 5.61. The van der Waals surface area contributed by atoms with Crippen molar-refractivity contribution in [3.63, 3.8) is 0 Å². The SMILES string of the molecule is CC(N)c1nnc(-c2ccccc2)o1.Cl. The van der Waals surface area contributed by atoms with Crippen LogP contribution in [-0.4, -0.2) is 10.2 Å². The number of hydrogen-bond donors (Lipinski definition) is 1. The van der Waals surface area contributed by atoms with Crippen molar-refractivity contribution in [3.8, 4) is 11.5 Å². The second-order valence-electron chi connectivity index (χ2n) is 3.10. The fourth-order valence-corrected chi connectivity index (χ4v) is 1.12. The highest BCUT2D eigenvalue weighted by atomic mass is 35.5. The van der Waals surface area contributed by atoms with Gasteiger partial charge in [-0.25, -0.2) is 0 Å². The standard InChI is InChI=1S/C10H11N3O.ClH/c1-7(11)9-12-13-10(14-9)8-5-3-2-4-6-8;/h2-7H,11H2,1H3;1H. The Morgan fingerprint density at radius 3 is 2.40 bits per heavy atom. The summed E-state index contributed by atoms with van der Waals surface area (Å²) in [6.07, 6.45) is 0. The molecule has 2 aromatic rings. The minimum Gasteiger partial charge on any atom is -0.419 e. The van der Waals surface area contributed by atoms with Crippen molar-refractivity contribution in [2.24, 2.45) is 5.73 Å². The first kappa shape index (κ1) is 11.7. The van der Waals surface area contributed by atoms with Gasteiger partial charge in [-0.1, -0.05) is 18.2 Å². The molecule has 80 valence electrons. The topological polar surface area (TPSA) is 64.9 Å². The molecule has 0 bridgehead atoms. The summed E-state index contributed by atoms with van der Waals surface area (Å²) < 4.78 is 5.38. The van der Waals surface area contributed by atoms with E-state index in [9.17, 15) is 0 Å². The van der Waals surface area contributed by atoms with Gasteiger partial charge in [-0.15, -0.1) is 22.6 Å². The summed E-state index contributed by atoms with van der Waals surface area (Å²) in [5, 5.41) is 7.76. The monoisotopic (exact) mass is 225 g/mol. The molecule has 1 heterocycles. The minimum absolute atomic E-state index is 0. The predicted molar refractivity (Wildman–Crippen MR) is 59.6 cm³/mol. The molecule has 0 aliphatic heterocycles. The number of aromatic nitrogens is 2. The molecule has 1 unspecified atom stereocenters. The molecule has 0 fully saturated rings. The Kier molecular flexibility index (Phi) is 3.82. The van der Waals surface area contributed by atoms with Crippen LogP contribution < -0.4 is 5.73 Å². The molecule has 1 atom stereocenters. The maximum absolute atomic E-state index is 5.61. The summed E-state index contributed by atoms with van der Waals surface area (Å²) in [6, 6.07) is 9.39. The number of hydrogen-bond acceptors (Lipinski definition) is 4. The highest BCUT2D eigenvalue weighted by molar-refractivity contribution is 5.85. The van der Waals surface area contributed by atoms with Crippen LogP contribution >= 0.6 is 12.4 Å². The van der Waals surface area contributed by atoms with E-state index in [1.54, 1.807) is 0 Å². The van der Waals surface area contributed by atoms with Gasteiger partial charge in [0.25, 0.3) is 0 Å². The number of nitrogens with zero attached hydrogens (tertiary/aromatic N) is 2. The molecule has 0 radical (unpaired) electrons. The van der Waals surface area contributed by atoms with E-state index in [1.807, 2.05) is 37.3 Å². The minimum atomic E-state index is -0.222. The molecule has 0 spiro atoms. The lowest BCUT2D eigenvalue weighted by Crippen LogP contribution is -2.04. The average molecular weight is 226 g/mol. The Morgan fingerprint density at radius 2 is 1.87 bits per heavy atom. The van der Waals surface area contributed by atoms with Gasteiger partial charge >= 0.3 is 0 Å². The lowest BCUT2D eigenvalue weighted by atomic mass is 10.2. The van der Waals surface area contributed by atoms with Crippen molar-refractivity contribution in [2.75, 3.05) is 0 Å². The Labute approximate surface area is 93.9 Å². The molecular formula is C10H12ClN3O. The summed E-state index contributed by atoms with van der Waals surface area (Å²) >= 11 is 0. The van der Waals surface area contributed by atoms with Crippen LogP contribution in [0, 0.1) is 0 Å². The third kappa shape index (κ3) is 2.55. The largest absolute Gasteiger partial charge is 0.419 e. The van der Waals surface area contributed by atoms with Crippen molar-refractivity contribution >= 4 is 12.4 Å². The quantitative estimate of drug-likeness (QED) is 0.851. The first-order valence-electron chi connectivity index (χ1n) is 4.42. The van der Waals surface area contributed by atoms with E-state index < -0.39 is 0 Å². The van der Waals surface area contributed by atoms with Crippen molar-refractivity contribution in [1.82, 2.24) is 10.2 Å². The zero-order chi connectivity index (χ0) is 9.97. The first-order valence-corrected chi connectivity index (χ1v) is 4.42. The predicted octanol–water partition coefficient (Wildman–Crippen LogP) is 2.18. The lowest BCUT2D eigenvalue weighted by molar-refractivity contribution is 0.473. The molecule has 4 nitrogen and oxygen atoms in total. The lowest BCUT2D eigenvalue weighted by Gasteiger charge is -1.95. The van der Waals surface area contributed by atoms with Gasteiger partial charge in [-0.2, -0.15) is 0 Å². The number of benzene rings is 1. The van der Waals surface area contributed by atoms with E-state index in [0.29, 0.717) is 11.8 Å². The van der Waals surface area contributed by atoms with Crippen molar-refractivity contribution < 1.29 is 4.42 Å². The van der Waals surface area contributed by atoms with Crippen LogP contribution in [0.4, 0.5) is 0 Å². The second-order valence-corrected chi connectivity index (χ2v) is 3.10. The fraction of sp³-hybridized carbons (Fsp3) is 0.200. The van der Waals surface area contributed by atoms with Gasteiger partial charge in [-0.3, -0.25) is 0 Å². The van der Waals surface area contributed by atoms with Gasteiger partial charge in [0, 0.05) is 5.56 Å². The van der Waals surface area contributed by atoms with Crippen molar-refractivity contribution in [3.05, 3.63) is 36.2 Å². The van der Waals surface area contributed by atoms with E-state index in [0.717, 1.165) is 5.56 Å². The zero-order valence-electron chi connectivity index (χ0n) is 8.25. The number of nitrogens with two attached hydrogens (primary N) is 1. The van der Waals surface area contributed by atoms with Crippen LogP contribution in [-0.2, 0) is 0 Å². The van der Waals surface area contributed by atoms with E-state index in [1.165, 1.54) is 0 Å². The van der Waals surface area contributed by atoms with E-state index in [2.05, 4.69) is 10.2 Å². The normalized spacial score (nSPS) is 11.9. The van der Waals surface area contributed by atoms with Crippen LogP contribution in [0.2, 0.25) is 0 Å². The van der Waals surface area contributed by atoms with Gasteiger partial charge in [-0.05, 0) is 19.1 Å². The van der Waals surface area contributed by atoms with Gasteiger partial charge < -0.3 is 10.2 Å². The Morgan fingerprint density at radius 1 is 1.20 bits per heavy atom. The van der Waals surface area contributed by atoms with Crippen molar-refractivity contribution in [1.29, 1.82) is 0 Å². The summed E-state index contributed by atoms with van der Waals surface area (Å²) in [6.45, 7) is 1.81. The molecule has 0 saturated heterocycles. The number of halogens is 1. The van der Waals surface area contributed by atoms with Crippen LogP contribution in [0.25, 0.3) is 11.5 Å². The third-order valence-corrected chi connectivity index (χ3v) is 1.85. The molecule has 2 rings (SSSR count). The van der Waals surface area contributed by atoms with Gasteiger partial charge in [0.2, 0.25) is 11.8 Å². The molecule has 0 amide bonds. The van der Waals surface area contributed by atoms with Gasteiger partial charge in [0.05, 0.1) is 6.04 Å². The van der Waals surface area contributed by atoms with Gasteiger partial charge in [0.15, 0.2) is 0 Å². The van der Waals surface area contributed by atoms with Crippen LogP contribution in [0.1, 0.15) is 18.9 Å². The molecule has 1 aromatic heterocycles. The Bertz CT molecular complexity index is 414. The van der Waals surface area contributed by atoms with Gasteiger partial charge in [0.1, 0.15) is 0 Å². The second kappa shape index (κ2) is 4.91. The molecule has 0 aliphatic rings. The third-order valence-electron chi connectivity index (χ3n) is 1.85. The summed E-state index contributed by atoms with van der Waals surface area (Å²) in [4.78, 5) is 0. The molecule has 15 heavy (non-hydrogen) atoms. The van der Waals surface area contributed by atoms with E-state index in [4.69, 9.17) is 10.2 Å². The Balaban J connectivity index is 0.00000112. The molecule has 5 heteroatoms. The van der Waals surface area contributed by atoms with Crippen LogP contribution in [0.3, 0.4) is 0 Å². The highest BCUT2D eigenvalue weighted by Crippen LogP contribution is 2.18. The molecule has 0 saturated carbocycles. The summed E-state index contributed by atoms with van der Waals surface area (Å²) in [5.41, 5.74) is 6.52. The number of rotatable bonds is 2. The maximum Gasteiger partial charge on any atom is 0.247 e. The molecule has 1 aromatic carbocycles. The smallest absolute Gasteiger partial charge is 0.247 e.